The molecule has 3 rings (SSSR count). The first-order chi connectivity index (χ1) is 13.1. The van der Waals surface area contributed by atoms with Crippen molar-refractivity contribution < 1.29 is 9.53 Å². The fourth-order valence-electron chi connectivity index (χ4n) is 3.26. The van der Waals surface area contributed by atoms with E-state index in [2.05, 4.69) is 52.4 Å². The van der Waals surface area contributed by atoms with Gasteiger partial charge in [-0.15, -0.1) is 0 Å². The van der Waals surface area contributed by atoms with Crippen LogP contribution < -0.4 is 5.32 Å². The molecule has 1 atom stereocenters. The third kappa shape index (κ3) is 4.84. The Morgan fingerprint density at radius 2 is 1.67 bits per heavy atom. The molecule has 1 heterocycles. The van der Waals surface area contributed by atoms with E-state index in [-0.39, 0.29) is 5.97 Å². The number of carbonyl (C=O) groups excluding carboxylic acids is 1. The first kappa shape index (κ1) is 19.3. The number of ether oxygens (including phenoxy) is 1. The number of hydrogen-bond donors (Lipinski definition) is 1. The summed E-state index contributed by atoms with van der Waals surface area (Å²) in [5.41, 5.74) is 2.74. The maximum absolute atomic E-state index is 11.5. The minimum absolute atomic E-state index is 0.340. The first-order valence-electron chi connectivity index (χ1n) is 9.12. The lowest BCUT2D eigenvalue weighted by atomic mass is 10.1. The SMILES string of the molecule is COC(=O)c1ccc(NC(=S)N2CCN(C(C)c3ccccc3)CC2)cc1. The molecular weight excluding hydrogens is 358 g/mol. The number of hydrogen-bond acceptors (Lipinski definition) is 4. The predicted octanol–water partition coefficient (Wildman–Crippen LogP) is 3.55. The molecule has 2 aromatic rings. The highest BCUT2D eigenvalue weighted by molar-refractivity contribution is 7.80. The Morgan fingerprint density at radius 3 is 2.26 bits per heavy atom. The van der Waals surface area contributed by atoms with Gasteiger partial charge in [-0.1, -0.05) is 30.3 Å². The second kappa shape index (κ2) is 8.97. The lowest BCUT2D eigenvalue weighted by molar-refractivity contribution is 0.0601. The van der Waals surface area contributed by atoms with Gasteiger partial charge in [-0.25, -0.2) is 4.79 Å². The molecule has 27 heavy (non-hydrogen) atoms. The zero-order valence-corrected chi connectivity index (χ0v) is 16.5. The summed E-state index contributed by atoms with van der Waals surface area (Å²) in [5, 5.41) is 3.97. The molecule has 0 amide bonds. The zero-order valence-electron chi connectivity index (χ0n) is 15.7. The van der Waals surface area contributed by atoms with Gasteiger partial charge >= 0.3 is 5.97 Å². The molecule has 1 aliphatic heterocycles. The summed E-state index contributed by atoms with van der Waals surface area (Å²) in [6.45, 7) is 5.98. The molecule has 1 N–H and O–H groups in total. The molecule has 142 valence electrons. The van der Waals surface area contributed by atoms with Gasteiger partial charge in [0.1, 0.15) is 0 Å². The van der Waals surface area contributed by atoms with Crippen molar-refractivity contribution in [1.82, 2.24) is 9.80 Å². The standard InChI is InChI=1S/C21H25N3O2S/c1-16(17-6-4-3-5-7-17)23-12-14-24(15-13-23)21(27)22-19-10-8-18(9-11-19)20(25)26-2/h3-11,16H,12-15H2,1-2H3,(H,22,27). The van der Waals surface area contributed by atoms with Crippen molar-refractivity contribution in [1.29, 1.82) is 0 Å². The maximum atomic E-state index is 11.5. The van der Waals surface area contributed by atoms with Gasteiger partial charge in [0.2, 0.25) is 0 Å². The monoisotopic (exact) mass is 383 g/mol. The topological polar surface area (TPSA) is 44.8 Å². The molecule has 0 radical (unpaired) electrons. The summed E-state index contributed by atoms with van der Waals surface area (Å²) in [5.74, 6) is -0.340. The molecule has 5 nitrogen and oxygen atoms in total. The van der Waals surface area contributed by atoms with Gasteiger partial charge in [-0.2, -0.15) is 0 Å². The van der Waals surface area contributed by atoms with E-state index in [0.717, 1.165) is 31.9 Å². The third-order valence-electron chi connectivity index (χ3n) is 4.99. The highest BCUT2D eigenvalue weighted by Crippen LogP contribution is 2.21. The minimum Gasteiger partial charge on any atom is -0.465 e. The van der Waals surface area contributed by atoms with Crippen molar-refractivity contribution in [3.05, 3.63) is 65.7 Å². The molecule has 0 bridgehead atoms. The normalized spacial score (nSPS) is 15.9. The molecule has 0 spiro atoms. The van der Waals surface area contributed by atoms with E-state index in [1.165, 1.54) is 12.7 Å². The van der Waals surface area contributed by atoms with Crippen molar-refractivity contribution in [3.8, 4) is 0 Å². The molecule has 6 heteroatoms. The van der Waals surface area contributed by atoms with Gasteiger partial charge < -0.3 is 15.0 Å². The number of rotatable bonds is 4. The van der Waals surface area contributed by atoms with E-state index in [4.69, 9.17) is 17.0 Å². The van der Waals surface area contributed by atoms with E-state index < -0.39 is 0 Å². The Kier molecular flexibility index (Phi) is 6.42. The Bertz CT molecular complexity index is 772. The largest absolute Gasteiger partial charge is 0.465 e. The van der Waals surface area contributed by atoms with E-state index in [1.54, 1.807) is 12.1 Å². The van der Waals surface area contributed by atoms with E-state index in [9.17, 15) is 4.79 Å². The fraction of sp³-hybridized carbons (Fsp3) is 0.333. The number of methoxy groups -OCH3 is 1. The van der Waals surface area contributed by atoms with Crippen molar-refractivity contribution in [2.45, 2.75) is 13.0 Å². The molecular formula is C21H25N3O2S. The van der Waals surface area contributed by atoms with Crippen molar-refractivity contribution in [2.75, 3.05) is 38.6 Å². The van der Waals surface area contributed by atoms with Gasteiger partial charge in [0.05, 0.1) is 12.7 Å². The third-order valence-corrected chi connectivity index (χ3v) is 5.35. The van der Waals surface area contributed by atoms with Crippen molar-refractivity contribution in [3.63, 3.8) is 0 Å². The number of thiocarbonyl (C=S) groups is 1. The molecule has 1 unspecified atom stereocenters. The van der Waals surface area contributed by atoms with E-state index in [1.807, 2.05) is 12.1 Å². The summed E-state index contributed by atoms with van der Waals surface area (Å²) in [6, 6.07) is 18.1. The van der Waals surface area contributed by atoms with E-state index >= 15 is 0 Å². The summed E-state index contributed by atoms with van der Waals surface area (Å²) in [4.78, 5) is 16.2. The Hall–Kier alpha value is -2.44. The summed E-state index contributed by atoms with van der Waals surface area (Å²) in [6.07, 6.45) is 0. The zero-order chi connectivity index (χ0) is 19.2. The number of carbonyl (C=O) groups is 1. The maximum Gasteiger partial charge on any atom is 0.337 e. The highest BCUT2D eigenvalue weighted by Gasteiger charge is 2.23. The number of nitrogens with one attached hydrogen (secondary N) is 1. The van der Waals surface area contributed by atoms with Crippen LogP contribution in [0.1, 0.15) is 28.9 Å². The van der Waals surface area contributed by atoms with Gasteiger partial charge in [-0.3, -0.25) is 4.90 Å². The molecule has 2 aromatic carbocycles. The smallest absolute Gasteiger partial charge is 0.337 e. The average molecular weight is 384 g/mol. The second-order valence-electron chi connectivity index (χ2n) is 6.61. The van der Waals surface area contributed by atoms with Crippen molar-refractivity contribution in [2.24, 2.45) is 0 Å². The van der Waals surface area contributed by atoms with Gasteiger partial charge in [-0.05, 0) is 49.0 Å². The number of anilines is 1. The molecule has 1 fully saturated rings. The lowest BCUT2D eigenvalue weighted by Crippen LogP contribution is -2.50. The van der Waals surface area contributed by atoms with Crippen LogP contribution in [-0.4, -0.2) is 54.2 Å². The molecule has 0 aliphatic carbocycles. The number of piperazine rings is 1. The van der Waals surface area contributed by atoms with Gasteiger partial charge in [0.15, 0.2) is 5.11 Å². The van der Waals surface area contributed by atoms with Crippen LogP contribution in [0, 0.1) is 0 Å². The summed E-state index contributed by atoms with van der Waals surface area (Å²) < 4.78 is 4.72. The molecule has 0 saturated carbocycles. The second-order valence-corrected chi connectivity index (χ2v) is 7.00. The van der Waals surface area contributed by atoms with E-state index in [0.29, 0.717) is 16.7 Å². The van der Waals surface area contributed by atoms with Crippen LogP contribution in [0.4, 0.5) is 5.69 Å². The van der Waals surface area contributed by atoms with Crippen LogP contribution in [0.2, 0.25) is 0 Å². The van der Waals surface area contributed by atoms with Crippen LogP contribution in [0.15, 0.2) is 54.6 Å². The Labute approximate surface area is 165 Å². The van der Waals surface area contributed by atoms with Crippen LogP contribution in [0.5, 0.6) is 0 Å². The quantitative estimate of drug-likeness (QED) is 0.644. The van der Waals surface area contributed by atoms with Crippen LogP contribution in [0.3, 0.4) is 0 Å². The highest BCUT2D eigenvalue weighted by atomic mass is 32.1. The predicted molar refractivity (Wildman–Crippen MR) is 112 cm³/mol. The summed E-state index contributed by atoms with van der Waals surface area (Å²) in [7, 11) is 1.38. The number of nitrogens with zero attached hydrogens (tertiary/aromatic N) is 2. The Morgan fingerprint density at radius 1 is 1.04 bits per heavy atom. The lowest BCUT2D eigenvalue weighted by Gasteiger charge is -2.39. The number of benzene rings is 2. The van der Waals surface area contributed by atoms with Crippen LogP contribution in [-0.2, 0) is 4.74 Å². The van der Waals surface area contributed by atoms with Crippen molar-refractivity contribution >= 4 is 29.0 Å². The molecule has 1 saturated heterocycles. The van der Waals surface area contributed by atoms with Crippen LogP contribution >= 0.6 is 12.2 Å². The molecule has 1 aliphatic rings. The fourth-order valence-corrected chi connectivity index (χ4v) is 3.57. The first-order valence-corrected chi connectivity index (χ1v) is 9.52. The summed E-state index contributed by atoms with van der Waals surface area (Å²) >= 11 is 5.57. The number of esters is 1. The van der Waals surface area contributed by atoms with Crippen LogP contribution in [0.25, 0.3) is 0 Å². The Balaban J connectivity index is 1.52. The van der Waals surface area contributed by atoms with Gasteiger partial charge in [0, 0.05) is 37.9 Å². The van der Waals surface area contributed by atoms with Gasteiger partial charge in [0.25, 0.3) is 0 Å². The molecule has 0 aromatic heterocycles. The average Bonchev–Trinajstić information content (AvgIpc) is 2.74. The minimum atomic E-state index is -0.340.